The quantitative estimate of drug-likeness (QED) is 0.312. The van der Waals surface area contributed by atoms with E-state index in [9.17, 15) is 19.5 Å². The number of carbonyl (C=O) groups excluding carboxylic acids is 2. The van der Waals surface area contributed by atoms with Crippen molar-refractivity contribution in [2.45, 2.75) is 82.5 Å². The molecule has 0 radical (unpaired) electrons. The van der Waals surface area contributed by atoms with Gasteiger partial charge in [0.2, 0.25) is 11.9 Å². The molecule has 10 nitrogen and oxygen atoms in total. The molecule has 2 aromatic carbocycles. The molecule has 3 atom stereocenters. The van der Waals surface area contributed by atoms with Gasteiger partial charge in [0.15, 0.2) is 0 Å². The zero-order valence-electron chi connectivity index (χ0n) is 25.5. The molecular weight excluding hydrogens is 560 g/mol. The van der Waals surface area contributed by atoms with Crippen molar-refractivity contribution in [3.63, 3.8) is 0 Å². The van der Waals surface area contributed by atoms with E-state index in [1.54, 1.807) is 30.4 Å². The predicted octanol–water partition coefficient (Wildman–Crippen LogP) is 6.16. The van der Waals surface area contributed by atoms with Crippen LogP contribution in [0.3, 0.4) is 0 Å². The Bertz CT molecular complexity index is 1530. The largest absolute Gasteiger partial charge is 0.493 e. The van der Waals surface area contributed by atoms with Crippen molar-refractivity contribution in [3.05, 3.63) is 77.9 Å². The molecule has 0 spiro atoms. The van der Waals surface area contributed by atoms with Gasteiger partial charge >= 0.3 is 6.09 Å². The Kier molecular flexibility index (Phi) is 8.54. The second-order valence-corrected chi connectivity index (χ2v) is 12.2. The molecule has 0 saturated carbocycles. The van der Waals surface area contributed by atoms with Crippen molar-refractivity contribution in [3.8, 4) is 11.5 Å². The van der Waals surface area contributed by atoms with Crippen molar-refractivity contribution in [1.82, 2.24) is 15.5 Å². The molecule has 0 unspecified atom stereocenters. The molecule has 3 aliphatic heterocycles. The van der Waals surface area contributed by atoms with E-state index in [2.05, 4.69) is 23.8 Å². The minimum absolute atomic E-state index is 0.00793. The number of hydrogen-bond donors (Lipinski definition) is 3. The first kappa shape index (κ1) is 30.8. The fraction of sp³-hybridized carbons (Fsp3) is 0.412. The summed E-state index contributed by atoms with van der Waals surface area (Å²) in [5, 5.41) is 15.2. The van der Waals surface area contributed by atoms with Gasteiger partial charge in [-0.2, -0.15) is 0 Å². The molecular formula is C34H40N4O6. The lowest BCUT2D eigenvalue weighted by atomic mass is 9.85. The molecule has 3 N–H and O–H groups in total. The van der Waals surface area contributed by atoms with Gasteiger partial charge in [-0.15, -0.1) is 6.58 Å². The van der Waals surface area contributed by atoms with E-state index >= 15 is 0 Å². The number of aliphatic imine (C=N–C) groups is 1. The highest BCUT2D eigenvalue weighted by atomic mass is 16.5. The first-order chi connectivity index (χ1) is 21.0. The van der Waals surface area contributed by atoms with Crippen LogP contribution >= 0.6 is 0 Å². The number of hydrogen-bond acceptors (Lipinski definition) is 6. The number of nitrogens with zero attached hydrogens (tertiary/aromatic N) is 2. The zero-order chi connectivity index (χ0) is 31.6. The number of ether oxygens (including phenoxy) is 2. The summed E-state index contributed by atoms with van der Waals surface area (Å²) in [6.45, 7) is 13.9. The third-order valence-electron chi connectivity index (χ3n) is 8.63. The van der Waals surface area contributed by atoms with Crippen LogP contribution in [0.2, 0.25) is 0 Å². The van der Waals surface area contributed by atoms with Gasteiger partial charge in [0.25, 0.3) is 5.91 Å². The highest BCUT2D eigenvalue weighted by Gasteiger charge is 2.44. The standard InChI is InChI=1S/C34H40N4O6/c1-6-9-15-34(8-3)20-29(39)38(31(37-34)36-32(41)42)26-14-16-43-27-13-11-22(18-24(26)27)30(40)35-25-19-33(4,5)44-28-12-10-21(7-2)17-23(25)28/h6-7,10-13,17-18,25-26H,1-2,8-9,14-16,19-20H2,3-5H3,(H,35,40)(H,36,37)(H,41,42)/t25-,26+,34+/m0/s1. The molecule has 3 heterocycles. The smallest absolute Gasteiger partial charge is 0.411 e. The summed E-state index contributed by atoms with van der Waals surface area (Å²) < 4.78 is 12.1. The van der Waals surface area contributed by atoms with Crippen molar-refractivity contribution in [1.29, 1.82) is 0 Å². The van der Waals surface area contributed by atoms with Gasteiger partial charge in [0, 0.05) is 29.5 Å². The second kappa shape index (κ2) is 12.2. The van der Waals surface area contributed by atoms with E-state index in [1.807, 2.05) is 39.0 Å². The fourth-order valence-electron chi connectivity index (χ4n) is 6.36. The predicted molar refractivity (Wildman–Crippen MR) is 168 cm³/mol. The molecule has 10 heteroatoms. The van der Waals surface area contributed by atoms with E-state index in [0.29, 0.717) is 61.3 Å². The number of fused-ring (bicyclic) bond motifs is 2. The summed E-state index contributed by atoms with van der Waals surface area (Å²) in [6.07, 6.45) is 5.12. The van der Waals surface area contributed by atoms with Crippen LogP contribution in [-0.4, -0.2) is 51.6 Å². The lowest BCUT2D eigenvalue weighted by Gasteiger charge is -2.42. The maximum Gasteiger partial charge on any atom is 0.411 e. The van der Waals surface area contributed by atoms with Crippen LogP contribution in [0, 0.1) is 0 Å². The lowest BCUT2D eigenvalue weighted by molar-refractivity contribution is -0.132. The Morgan fingerprint density at radius 2 is 1.93 bits per heavy atom. The maximum absolute atomic E-state index is 13.8. The molecule has 3 amide bonds. The number of allylic oxidation sites excluding steroid dienone is 1. The van der Waals surface area contributed by atoms with Crippen LogP contribution in [0.25, 0.3) is 6.08 Å². The Hall–Kier alpha value is -4.60. The number of amides is 3. The van der Waals surface area contributed by atoms with Crippen molar-refractivity contribution in [2.24, 2.45) is 4.99 Å². The average Bonchev–Trinajstić information content (AvgIpc) is 2.98. The van der Waals surface area contributed by atoms with Crippen LogP contribution in [0.4, 0.5) is 4.79 Å². The summed E-state index contributed by atoms with van der Waals surface area (Å²) in [5.74, 6) is 0.723. The van der Waals surface area contributed by atoms with Crippen LogP contribution in [0.5, 0.6) is 11.5 Å². The number of carbonyl (C=O) groups is 3. The van der Waals surface area contributed by atoms with Crippen molar-refractivity contribution < 1.29 is 29.0 Å². The molecule has 232 valence electrons. The van der Waals surface area contributed by atoms with E-state index in [1.165, 1.54) is 4.90 Å². The van der Waals surface area contributed by atoms with Gasteiger partial charge < -0.3 is 19.9 Å². The van der Waals surface area contributed by atoms with E-state index < -0.39 is 23.3 Å². The summed E-state index contributed by atoms with van der Waals surface area (Å²) >= 11 is 0. The number of rotatable bonds is 8. The van der Waals surface area contributed by atoms with E-state index in [4.69, 9.17) is 14.5 Å². The highest BCUT2D eigenvalue weighted by molar-refractivity contribution is 6.05. The molecule has 0 aromatic heterocycles. The topological polar surface area (TPSA) is 130 Å². The number of carboxylic acid groups (broad SMARTS) is 1. The minimum Gasteiger partial charge on any atom is -0.493 e. The molecule has 0 saturated heterocycles. The first-order valence-corrected chi connectivity index (χ1v) is 15.0. The molecule has 0 aliphatic carbocycles. The zero-order valence-corrected chi connectivity index (χ0v) is 25.5. The Morgan fingerprint density at radius 3 is 2.64 bits per heavy atom. The molecule has 5 rings (SSSR count). The van der Waals surface area contributed by atoms with Crippen LogP contribution < -0.4 is 20.1 Å². The molecule has 3 aliphatic rings. The first-order valence-electron chi connectivity index (χ1n) is 15.0. The van der Waals surface area contributed by atoms with Crippen molar-refractivity contribution >= 4 is 29.9 Å². The number of benzene rings is 2. The normalized spacial score (nSPS) is 23.6. The Morgan fingerprint density at radius 1 is 1.16 bits per heavy atom. The summed E-state index contributed by atoms with van der Waals surface area (Å²) in [5.41, 5.74) is 1.60. The Labute approximate surface area is 257 Å². The van der Waals surface area contributed by atoms with Crippen LogP contribution in [-0.2, 0) is 4.79 Å². The second-order valence-electron chi connectivity index (χ2n) is 12.2. The minimum atomic E-state index is -1.31. The van der Waals surface area contributed by atoms with Gasteiger partial charge in [-0.25, -0.2) is 9.79 Å². The van der Waals surface area contributed by atoms with Gasteiger partial charge in [-0.1, -0.05) is 31.7 Å². The van der Waals surface area contributed by atoms with Gasteiger partial charge in [-0.3, -0.25) is 19.8 Å². The SMILES string of the molecule is C=CCC[C@]1(CC)CC(=O)N([C@@H]2CCOc3ccc(C(=O)N[C@H]4CC(C)(C)Oc5ccc(C=C)cc54)cc32)C(NC(=O)O)=N1. The van der Waals surface area contributed by atoms with E-state index in [0.717, 1.165) is 11.1 Å². The summed E-state index contributed by atoms with van der Waals surface area (Å²) in [4.78, 5) is 45.6. The summed E-state index contributed by atoms with van der Waals surface area (Å²) in [7, 11) is 0. The number of nitrogens with one attached hydrogen (secondary N) is 2. The monoisotopic (exact) mass is 600 g/mol. The third kappa shape index (κ3) is 6.20. The summed E-state index contributed by atoms with van der Waals surface area (Å²) in [6, 6.07) is 10.1. The molecule has 44 heavy (non-hydrogen) atoms. The van der Waals surface area contributed by atoms with E-state index in [-0.39, 0.29) is 30.2 Å². The Balaban J connectivity index is 1.47. The number of guanidine groups is 1. The van der Waals surface area contributed by atoms with Crippen LogP contribution in [0.1, 0.15) is 98.4 Å². The van der Waals surface area contributed by atoms with Crippen molar-refractivity contribution in [2.75, 3.05) is 6.61 Å². The molecule has 2 aromatic rings. The third-order valence-corrected chi connectivity index (χ3v) is 8.63. The molecule has 0 bridgehead atoms. The highest BCUT2D eigenvalue weighted by Crippen LogP contribution is 2.42. The van der Waals surface area contributed by atoms with Crippen LogP contribution in [0.15, 0.2) is 60.6 Å². The molecule has 0 fully saturated rings. The van der Waals surface area contributed by atoms with Gasteiger partial charge in [0.05, 0.1) is 30.7 Å². The fourth-order valence-corrected chi connectivity index (χ4v) is 6.36. The lowest BCUT2D eigenvalue weighted by Crippen LogP contribution is -2.55. The van der Waals surface area contributed by atoms with Gasteiger partial charge in [0.1, 0.15) is 17.1 Å². The average molecular weight is 601 g/mol. The maximum atomic E-state index is 13.8. The van der Waals surface area contributed by atoms with Gasteiger partial charge in [-0.05, 0) is 69.0 Å².